The van der Waals surface area contributed by atoms with E-state index in [1.54, 1.807) is 27.7 Å². The predicted octanol–water partition coefficient (Wildman–Crippen LogP) is 1.58. The second kappa shape index (κ2) is 10.7. The van der Waals surface area contributed by atoms with Crippen LogP contribution in [0.2, 0.25) is 0 Å². The molecule has 14 nitrogen and oxygen atoms in total. The SMILES string of the molecule is CC(=O)NC1S[C@@H]2C(c3nonc3C)C(=O)N2CC1(CSc1nnc(CNC(=O)OC(C)(C)C)s1)C(=O)O. The number of carbonyl (C=O) groups is 4. The van der Waals surface area contributed by atoms with Gasteiger partial charge in [0.15, 0.2) is 4.34 Å². The molecule has 0 aromatic carbocycles. The van der Waals surface area contributed by atoms with Gasteiger partial charge in [0.05, 0.1) is 17.3 Å². The second-order valence-corrected chi connectivity index (χ2v) is 13.4. The number of aliphatic carboxylic acids is 1. The number of thioether (sulfide) groups is 2. The zero-order valence-electron chi connectivity index (χ0n) is 21.2. The second-order valence-electron chi connectivity index (χ2n) is 9.85. The molecule has 0 bridgehead atoms. The third kappa shape index (κ3) is 5.73. The molecule has 206 valence electrons. The van der Waals surface area contributed by atoms with Crippen LogP contribution < -0.4 is 10.6 Å². The van der Waals surface area contributed by atoms with Crippen molar-refractivity contribution in [3.8, 4) is 0 Å². The number of hydrogen-bond acceptors (Lipinski definition) is 13. The Morgan fingerprint density at radius 2 is 2.03 bits per heavy atom. The first-order valence-corrected chi connectivity index (χ1v) is 14.2. The fourth-order valence-electron chi connectivity index (χ4n) is 4.01. The Morgan fingerprint density at radius 1 is 1.29 bits per heavy atom. The molecule has 0 saturated carbocycles. The van der Waals surface area contributed by atoms with E-state index >= 15 is 0 Å². The number of nitrogens with zero attached hydrogens (tertiary/aromatic N) is 5. The number of nitrogens with one attached hydrogen (secondary N) is 2. The number of carboxylic acid groups (broad SMARTS) is 1. The maximum absolute atomic E-state index is 13.0. The van der Waals surface area contributed by atoms with Gasteiger partial charge >= 0.3 is 12.1 Å². The van der Waals surface area contributed by atoms with E-state index in [1.807, 2.05) is 0 Å². The minimum Gasteiger partial charge on any atom is -0.481 e. The van der Waals surface area contributed by atoms with E-state index in [9.17, 15) is 24.3 Å². The first-order valence-electron chi connectivity index (χ1n) is 11.5. The van der Waals surface area contributed by atoms with Gasteiger partial charge < -0.3 is 25.4 Å². The minimum absolute atomic E-state index is 0.0140. The molecule has 3 N–H and O–H groups in total. The van der Waals surface area contributed by atoms with Gasteiger partial charge in [-0.05, 0) is 27.7 Å². The maximum Gasteiger partial charge on any atom is 0.408 e. The highest BCUT2D eigenvalue weighted by atomic mass is 32.2. The molecule has 17 heteroatoms. The summed E-state index contributed by atoms with van der Waals surface area (Å²) in [5.41, 5.74) is -1.25. The average Bonchev–Trinajstić information content (AvgIpc) is 3.44. The van der Waals surface area contributed by atoms with Crippen LogP contribution in [-0.4, -0.2) is 83.0 Å². The molecule has 0 spiro atoms. The predicted molar refractivity (Wildman–Crippen MR) is 136 cm³/mol. The maximum atomic E-state index is 13.0. The smallest absolute Gasteiger partial charge is 0.408 e. The standard InChI is InChI=1S/C21H27N7O7S3/c1-9-13(27-35-26-9)12-14(30)28-7-21(17(31)32,16(23-10(2)29)38-15(12)28)8-36-19-25-24-11(37-19)6-22-18(33)34-20(3,4)5/h12,15-16H,6-8H2,1-5H3,(H,22,33)(H,23,29)(H,31,32)/t12?,15-,16?,21?/m1/s1. The van der Waals surface area contributed by atoms with Crippen LogP contribution in [0, 0.1) is 12.3 Å². The highest BCUT2D eigenvalue weighted by molar-refractivity contribution is 8.01. The molecular weight excluding hydrogens is 558 g/mol. The van der Waals surface area contributed by atoms with Crippen LogP contribution in [0.4, 0.5) is 4.79 Å². The van der Waals surface area contributed by atoms with Gasteiger partial charge in [-0.15, -0.1) is 22.0 Å². The monoisotopic (exact) mass is 585 g/mol. The van der Waals surface area contributed by atoms with E-state index in [1.165, 1.54) is 34.9 Å². The Bertz CT molecular complexity index is 1250. The van der Waals surface area contributed by atoms with Crippen LogP contribution in [-0.2, 0) is 25.7 Å². The summed E-state index contributed by atoms with van der Waals surface area (Å²) in [6.45, 7) is 8.25. The van der Waals surface area contributed by atoms with Crippen molar-refractivity contribution in [3.05, 3.63) is 16.4 Å². The summed E-state index contributed by atoms with van der Waals surface area (Å²) in [6, 6.07) is 0. The van der Waals surface area contributed by atoms with Gasteiger partial charge in [-0.25, -0.2) is 9.42 Å². The van der Waals surface area contributed by atoms with Gasteiger partial charge in [0.25, 0.3) is 0 Å². The Balaban J connectivity index is 1.47. The molecule has 4 rings (SSSR count). The fourth-order valence-corrected chi connectivity index (χ4v) is 7.95. The van der Waals surface area contributed by atoms with Crippen LogP contribution in [0.3, 0.4) is 0 Å². The molecule has 0 aliphatic carbocycles. The topological polar surface area (TPSA) is 190 Å². The van der Waals surface area contributed by atoms with Crippen molar-refractivity contribution in [2.24, 2.45) is 5.41 Å². The molecule has 2 aliphatic heterocycles. The molecule has 0 radical (unpaired) electrons. The van der Waals surface area contributed by atoms with E-state index in [0.717, 1.165) is 11.8 Å². The Kier molecular flexibility index (Phi) is 7.90. The van der Waals surface area contributed by atoms with Gasteiger partial charge in [-0.2, -0.15) is 0 Å². The summed E-state index contributed by atoms with van der Waals surface area (Å²) >= 11 is 3.56. The summed E-state index contributed by atoms with van der Waals surface area (Å²) in [6.07, 6.45) is -0.590. The summed E-state index contributed by atoms with van der Waals surface area (Å²) in [5, 5.41) is 30.7. The van der Waals surface area contributed by atoms with Crippen LogP contribution in [0.25, 0.3) is 0 Å². The number of aryl methyl sites for hydroxylation is 1. The van der Waals surface area contributed by atoms with Crippen molar-refractivity contribution in [3.63, 3.8) is 0 Å². The van der Waals surface area contributed by atoms with Gasteiger partial charge in [0.1, 0.15) is 33.3 Å². The number of rotatable bonds is 8. The number of carboxylic acids is 1. The highest BCUT2D eigenvalue weighted by Crippen LogP contribution is 2.53. The molecular formula is C21H27N7O7S3. The van der Waals surface area contributed by atoms with Gasteiger partial charge in [0.2, 0.25) is 11.8 Å². The van der Waals surface area contributed by atoms with E-state index in [-0.39, 0.29) is 30.7 Å². The van der Waals surface area contributed by atoms with Gasteiger partial charge in [-0.1, -0.05) is 33.4 Å². The molecule has 4 heterocycles. The summed E-state index contributed by atoms with van der Waals surface area (Å²) in [4.78, 5) is 51.1. The lowest BCUT2D eigenvalue weighted by atomic mass is 9.84. The van der Waals surface area contributed by atoms with Crippen molar-refractivity contribution in [2.75, 3.05) is 12.3 Å². The zero-order chi connectivity index (χ0) is 27.8. The number of β-lactam (4-membered cyclic amide) rings is 1. The number of ether oxygens (including phenoxy) is 1. The van der Waals surface area contributed by atoms with E-state index in [4.69, 9.17) is 9.37 Å². The number of fused-ring (bicyclic) bond motifs is 1. The van der Waals surface area contributed by atoms with Crippen LogP contribution >= 0.6 is 34.9 Å². The normalized spacial score (nSPS) is 24.8. The number of carbonyl (C=O) groups excluding carboxylic acids is 3. The lowest BCUT2D eigenvalue weighted by molar-refractivity contribution is -0.158. The van der Waals surface area contributed by atoms with Crippen molar-refractivity contribution < 1.29 is 33.7 Å². The van der Waals surface area contributed by atoms with Gasteiger partial charge in [0, 0.05) is 19.2 Å². The quantitative estimate of drug-likeness (QED) is 0.299. The largest absolute Gasteiger partial charge is 0.481 e. The molecule has 38 heavy (non-hydrogen) atoms. The number of hydrogen-bond donors (Lipinski definition) is 3. The van der Waals surface area contributed by atoms with Crippen molar-refractivity contribution in [1.29, 1.82) is 0 Å². The Morgan fingerprint density at radius 3 is 2.63 bits per heavy atom. The van der Waals surface area contributed by atoms with Crippen LogP contribution in [0.15, 0.2) is 8.97 Å². The molecule has 4 atom stereocenters. The molecule has 2 fully saturated rings. The van der Waals surface area contributed by atoms with Crippen LogP contribution in [0.5, 0.6) is 0 Å². The van der Waals surface area contributed by atoms with Crippen molar-refractivity contribution in [1.82, 2.24) is 36.0 Å². The average molecular weight is 586 g/mol. The summed E-state index contributed by atoms with van der Waals surface area (Å²) in [7, 11) is 0. The summed E-state index contributed by atoms with van der Waals surface area (Å²) < 4.78 is 10.4. The van der Waals surface area contributed by atoms with Crippen LogP contribution in [0.1, 0.15) is 50.0 Å². The molecule has 2 aromatic rings. The third-order valence-corrected chi connectivity index (χ3v) is 9.75. The lowest BCUT2D eigenvalue weighted by Gasteiger charge is -2.56. The number of aromatic nitrogens is 4. The Hall–Kier alpha value is -2.92. The zero-order valence-corrected chi connectivity index (χ0v) is 23.7. The van der Waals surface area contributed by atoms with E-state index in [2.05, 4.69) is 31.1 Å². The molecule has 2 aromatic heterocycles. The number of amides is 3. The molecule has 2 saturated heterocycles. The van der Waals surface area contributed by atoms with E-state index < -0.39 is 39.7 Å². The first kappa shape index (κ1) is 28.1. The fraction of sp³-hybridized carbons (Fsp3) is 0.619. The van der Waals surface area contributed by atoms with E-state index in [0.29, 0.717) is 20.7 Å². The first-order chi connectivity index (χ1) is 17.8. The van der Waals surface area contributed by atoms with Crippen molar-refractivity contribution in [2.45, 2.75) is 67.8 Å². The lowest BCUT2D eigenvalue weighted by Crippen LogP contribution is -2.70. The minimum atomic E-state index is -1.50. The number of alkyl carbamates (subject to hydrolysis) is 1. The highest BCUT2D eigenvalue weighted by Gasteiger charge is 2.62. The van der Waals surface area contributed by atoms with Gasteiger partial charge in [-0.3, -0.25) is 14.4 Å². The third-order valence-electron chi connectivity index (χ3n) is 5.80. The van der Waals surface area contributed by atoms with Crippen molar-refractivity contribution >= 4 is 58.7 Å². The Labute approximate surface area is 230 Å². The molecule has 3 unspecified atom stereocenters. The molecule has 3 amide bonds. The molecule has 2 aliphatic rings. The summed E-state index contributed by atoms with van der Waals surface area (Å²) in [5.74, 6) is -2.43.